The molecule has 5 rings (SSSR count). The fraction of sp³-hybridized carbons (Fsp3) is 0.432. The second-order valence-corrected chi connectivity index (χ2v) is 16.5. The third-order valence-electron chi connectivity index (χ3n) is 8.90. The van der Waals surface area contributed by atoms with Gasteiger partial charge in [-0.3, -0.25) is 24.4 Å². The quantitative estimate of drug-likeness (QED) is 0.242. The predicted molar refractivity (Wildman–Crippen MR) is 204 cm³/mol. The van der Waals surface area contributed by atoms with Crippen molar-refractivity contribution in [1.82, 2.24) is 24.5 Å². The number of carbonyl (C=O) groups excluding carboxylic acids is 2. The van der Waals surface area contributed by atoms with Gasteiger partial charge in [-0.2, -0.15) is 0 Å². The van der Waals surface area contributed by atoms with Crippen LogP contribution < -0.4 is 14.8 Å². The number of carbonyl (C=O) groups is 2. The van der Waals surface area contributed by atoms with Crippen molar-refractivity contribution in [2.24, 2.45) is 4.99 Å². The van der Waals surface area contributed by atoms with Crippen molar-refractivity contribution in [1.29, 1.82) is 0 Å². The van der Waals surface area contributed by atoms with E-state index >= 15 is 4.79 Å². The fourth-order valence-electron chi connectivity index (χ4n) is 6.35. The number of ether oxygens (including phenoxy) is 2. The second kappa shape index (κ2) is 16.6. The summed E-state index contributed by atoms with van der Waals surface area (Å²) in [6.45, 7) is 9.63. The number of hydroxylamine groups is 1. The third kappa shape index (κ3) is 9.07. The number of halogens is 2. The molecule has 3 aromatic rings. The molecule has 1 saturated heterocycles. The minimum absolute atomic E-state index is 0.0210. The van der Waals surface area contributed by atoms with Gasteiger partial charge in [0.15, 0.2) is 0 Å². The first-order valence-corrected chi connectivity index (χ1v) is 19.4. The number of nitrogens with zero attached hydrogens (tertiary/aromatic N) is 5. The van der Waals surface area contributed by atoms with E-state index in [1.54, 1.807) is 41.0 Å². The first-order chi connectivity index (χ1) is 25.1. The Kier molecular flexibility index (Phi) is 12.6. The van der Waals surface area contributed by atoms with Crippen LogP contribution in [0.25, 0.3) is 0 Å². The molecule has 2 aliphatic heterocycles. The van der Waals surface area contributed by atoms with Gasteiger partial charge < -0.3 is 19.7 Å². The van der Waals surface area contributed by atoms with E-state index in [1.165, 1.54) is 33.4 Å². The maximum Gasteiger partial charge on any atom is 0.326 e. The molecule has 3 amide bonds. The molecule has 13 nitrogen and oxygen atoms in total. The second-order valence-electron chi connectivity index (χ2n) is 13.7. The van der Waals surface area contributed by atoms with Crippen LogP contribution in [0.2, 0.25) is 10.0 Å². The largest absolute Gasteiger partial charge is 0.495 e. The molecule has 0 saturated carbocycles. The van der Waals surface area contributed by atoms with E-state index in [9.17, 15) is 13.2 Å². The van der Waals surface area contributed by atoms with E-state index < -0.39 is 22.1 Å². The van der Waals surface area contributed by atoms with Crippen LogP contribution >= 0.6 is 23.2 Å². The van der Waals surface area contributed by atoms with Gasteiger partial charge in [0.05, 0.1) is 39.0 Å². The molecule has 286 valence electrons. The Morgan fingerprint density at radius 1 is 0.925 bits per heavy atom. The molecular weight excluding hydrogens is 743 g/mol. The first kappa shape index (κ1) is 40.3. The highest BCUT2D eigenvalue weighted by atomic mass is 35.5. The van der Waals surface area contributed by atoms with E-state index in [2.05, 4.69) is 5.32 Å². The minimum Gasteiger partial charge on any atom is -0.495 e. The number of nitrogens with one attached hydrogen (secondary N) is 1. The van der Waals surface area contributed by atoms with Crippen LogP contribution in [0.5, 0.6) is 11.5 Å². The Balaban J connectivity index is 1.66. The summed E-state index contributed by atoms with van der Waals surface area (Å²) >= 11 is 12.6. The molecule has 0 bridgehead atoms. The van der Waals surface area contributed by atoms with Crippen LogP contribution in [0.4, 0.5) is 4.79 Å². The smallest absolute Gasteiger partial charge is 0.326 e. The minimum atomic E-state index is -4.25. The molecule has 1 fully saturated rings. The number of benzene rings is 3. The molecule has 2 atom stereocenters. The molecule has 2 aliphatic rings. The van der Waals surface area contributed by atoms with Crippen molar-refractivity contribution in [2.75, 3.05) is 60.6 Å². The van der Waals surface area contributed by atoms with Crippen molar-refractivity contribution in [2.45, 2.75) is 50.2 Å². The zero-order chi connectivity index (χ0) is 38.7. The maximum absolute atomic E-state index is 15.0. The number of rotatable bonds is 11. The molecule has 3 aromatic carbocycles. The molecule has 0 radical (unpaired) electrons. The topological polar surface area (TPSA) is 133 Å². The summed E-state index contributed by atoms with van der Waals surface area (Å²) < 4.78 is 39.9. The zero-order valence-corrected chi connectivity index (χ0v) is 33.3. The van der Waals surface area contributed by atoms with Gasteiger partial charge in [0.1, 0.15) is 28.3 Å². The lowest BCUT2D eigenvalue weighted by molar-refractivity contribution is -0.124. The average molecular weight is 790 g/mol. The molecule has 1 N–H and O–H groups in total. The van der Waals surface area contributed by atoms with E-state index in [1.807, 2.05) is 49.9 Å². The van der Waals surface area contributed by atoms with E-state index in [4.69, 9.17) is 42.5 Å². The van der Waals surface area contributed by atoms with Gasteiger partial charge in [0.2, 0.25) is 5.91 Å². The standard InChI is InChI=1S/C37H46Cl2N6O7S/c1-8-52-29-22-30(50-6)31(53(48,49)42(5)51-7)21-28(29)35-40-33(24-9-13-26(38)14-10-24)34(25-11-15-27(39)16-12-25)45(35)36(47)44-19-17-43(18-20-44)23-32(46)41-37(2,3)4/h9-16,21-22,33-34H,8,17-20,23H2,1-7H3,(H,41,46)/t33-,34+/m0/s1. The molecular formula is C37H46Cl2N6O7S. The molecule has 53 heavy (non-hydrogen) atoms. The predicted octanol–water partition coefficient (Wildman–Crippen LogP) is 5.78. The summed E-state index contributed by atoms with van der Waals surface area (Å²) in [6.07, 6.45) is 0. The SMILES string of the molecule is CCOc1cc(OC)c(S(=O)(=O)N(C)OC)cc1C1=N[C@@H](c2ccc(Cl)cc2)[C@@H](c2ccc(Cl)cc2)N1C(=O)N1CCN(CC(=O)NC(C)(C)C)CC1. The number of amides is 3. The van der Waals surface area contributed by atoms with Gasteiger partial charge >= 0.3 is 6.03 Å². The monoisotopic (exact) mass is 788 g/mol. The molecule has 0 aromatic heterocycles. The number of hydrogen-bond acceptors (Lipinski definition) is 9. The van der Waals surface area contributed by atoms with Gasteiger partial charge in [-0.25, -0.2) is 13.2 Å². The summed E-state index contributed by atoms with van der Waals surface area (Å²) in [5.41, 5.74) is 1.42. The number of urea groups is 1. The van der Waals surface area contributed by atoms with Crippen LogP contribution in [-0.4, -0.2) is 111 Å². The van der Waals surface area contributed by atoms with E-state index in [0.29, 0.717) is 36.2 Å². The summed E-state index contributed by atoms with van der Waals surface area (Å²) in [5.74, 6) is 0.395. The normalized spacial score (nSPS) is 18.3. The summed E-state index contributed by atoms with van der Waals surface area (Å²) in [7, 11) is -0.376. The molecule has 16 heteroatoms. The average Bonchev–Trinajstić information content (AvgIpc) is 3.51. The number of amidine groups is 1. The number of methoxy groups -OCH3 is 1. The van der Waals surface area contributed by atoms with E-state index in [0.717, 1.165) is 15.6 Å². The Morgan fingerprint density at radius 2 is 1.51 bits per heavy atom. The summed E-state index contributed by atoms with van der Waals surface area (Å²) in [5, 5.41) is 4.05. The van der Waals surface area contributed by atoms with Crippen LogP contribution in [0.3, 0.4) is 0 Å². The van der Waals surface area contributed by atoms with Gasteiger partial charge in [0, 0.05) is 54.9 Å². The van der Waals surface area contributed by atoms with E-state index in [-0.39, 0.29) is 58.4 Å². The number of aliphatic imine (C=N–C) groups is 1. The van der Waals surface area contributed by atoms with Crippen molar-refractivity contribution in [3.63, 3.8) is 0 Å². The lowest BCUT2D eigenvalue weighted by Crippen LogP contribution is -2.56. The lowest BCUT2D eigenvalue weighted by atomic mass is 9.93. The molecule has 0 aliphatic carbocycles. The van der Waals surface area contributed by atoms with Crippen LogP contribution in [-0.2, 0) is 19.7 Å². The Labute approximate surface area is 321 Å². The van der Waals surface area contributed by atoms with Crippen molar-refractivity contribution in [3.05, 3.63) is 87.4 Å². The van der Waals surface area contributed by atoms with Crippen molar-refractivity contribution < 1.29 is 32.3 Å². The summed E-state index contributed by atoms with van der Waals surface area (Å²) in [6, 6.07) is 15.6. The maximum atomic E-state index is 15.0. The van der Waals surface area contributed by atoms with Crippen LogP contribution in [0.1, 0.15) is 56.5 Å². The van der Waals surface area contributed by atoms with Crippen molar-refractivity contribution in [3.8, 4) is 11.5 Å². The number of piperazine rings is 1. The van der Waals surface area contributed by atoms with Crippen LogP contribution in [0.15, 0.2) is 70.6 Å². The van der Waals surface area contributed by atoms with Gasteiger partial charge in [-0.05, 0) is 69.2 Å². The lowest BCUT2D eigenvalue weighted by Gasteiger charge is -2.39. The third-order valence-corrected chi connectivity index (χ3v) is 11.1. The zero-order valence-electron chi connectivity index (χ0n) is 30.9. The van der Waals surface area contributed by atoms with Crippen LogP contribution in [0, 0.1) is 0 Å². The fourth-order valence-corrected chi connectivity index (χ4v) is 7.74. The van der Waals surface area contributed by atoms with Gasteiger partial charge in [-0.15, -0.1) is 0 Å². The summed E-state index contributed by atoms with van der Waals surface area (Å²) in [4.78, 5) is 43.1. The molecule has 2 heterocycles. The highest BCUT2D eigenvalue weighted by Crippen LogP contribution is 2.46. The first-order valence-electron chi connectivity index (χ1n) is 17.2. The molecule has 0 spiro atoms. The van der Waals surface area contributed by atoms with Crippen molar-refractivity contribution >= 4 is 51.0 Å². The Morgan fingerprint density at radius 3 is 2.04 bits per heavy atom. The number of sulfonamides is 1. The highest BCUT2D eigenvalue weighted by molar-refractivity contribution is 7.89. The molecule has 0 unspecified atom stereocenters. The Hall–Kier alpha value is -3.92. The number of hydrogen-bond donors (Lipinski definition) is 1. The highest BCUT2D eigenvalue weighted by Gasteiger charge is 2.45. The Bertz CT molecular complexity index is 1930. The van der Waals surface area contributed by atoms with Gasteiger partial charge in [-0.1, -0.05) is 51.9 Å². The van der Waals surface area contributed by atoms with Gasteiger partial charge in [0.25, 0.3) is 10.0 Å².